The Balaban J connectivity index is 0.000000220. The summed E-state index contributed by atoms with van der Waals surface area (Å²) in [5.74, 6) is -1.08. The van der Waals surface area contributed by atoms with E-state index in [9.17, 15) is 9.59 Å². The van der Waals surface area contributed by atoms with Crippen molar-refractivity contribution < 1.29 is 19.8 Å². The minimum absolute atomic E-state index is 0.0993. The maximum absolute atomic E-state index is 10.5. The number of benzene rings is 1. The van der Waals surface area contributed by atoms with Gasteiger partial charge in [0.25, 0.3) is 0 Å². The van der Waals surface area contributed by atoms with Gasteiger partial charge < -0.3 is 21.7 Å². The predicted molar refractivity (Wildman–Crippen MR) is 84.7 cm³/mol. The Bertz CT molecular complexity index is 523. The van der Waals surface area contributed by atoms with Crippen molar-refractivity contribution in [2.45, 2.75) is 32.6 Å². The molecule has 0 aromatic heterocycles. The maximum atomic E-state index is 10.5. The summed E-state index contributed by atoms with van der Waals surface area (Å²) < 4.78 is 0. The third-order valence-corrected chi connectivity index (χ3v) is 4.01. The lowest BCUT2D eigenvalue weighted by Crippen LogP contribution is -2.25. The van der Waals surface area contributed by atoms with Crippen molar-refractivity contribution in [2.75, 3.05) is 12.3 Å². The number of aryl methyl sites for hydroxylation is 1. The highest BCUT2D eigenvalue weighted by Crippen LogP contribution is 2.27. The molecule has 0 saturated heterocycles. The molecular weight excluding hydrogens is 284 g/mol. The summed E-state index contributed by atoms with van der Waals surface area (Å²) in [5.41, 5.74) is 12.5. The maximum Gasteiger partial charge on any atom is 0.335 e. The van der Waals surface area contributed by atoms with E-state index in [0.29, 0.717) is 29.3 Å². The van der Waals surface area contributed by atoms with Crippen LogP contribution in [0.3, 0.4) is 0 Å². The van der Waals surface area contributed by atoms with E-state index in [-0.39, 0.29) is 5.92 Å². The number of hydrogen-bond acceptors (Lipinski definition) is 4. The van der Waals surface area contributed by atoms with Crippen LogP contribution < -0.4 is 11.5 Å². The van der Waals surface area contributed by atoms with E-state index in [4.69, 9.17) is 21.7 Å². The van der Waals surface area contributed by atoms with Crippen molar-refractivity contribution in [3.05, 3.63) is 29.3 Å². The highest BCUT2D eigenvalue weighted by molar-refractivity contribution is 5.89. The number of anilines is 1. The van der Waals surface area contributed by atoms with Crippen LogP contribution in [-0.2, 0) is 4.79 Å². The number of nitrogen functional groups attached to an aromatic ring is 1. The molecule has 0 radical (unpaired) electrons. The second-order valence-electron chi connectivity index (χ2n) is 5.67. The molecular formula is C16H24N2O4. The minimum atomic E-state index is -0.914. The Hall–Kier alpha value is -2.08. The molecule has 2 rings (SSSR count). The number of nitrogens with two attached hydrogens (primary N) is 2. The topological polar surface area (TPSA) is 127 Å². The zero-order chi connectivity index (χ0) is 16.7. The number of aliphatic carboxylic acids is 1. The van der Waals surface area contributed by atoms with Gasteiger partial charge in [-0.25, -0.2) is 4.79 Å². The largest absolute Gasteiger partial charge is 0.481 e. The van der Waals surface area contributed by atoms with Gasteiger partial charge in [0.2, 0.25) is 0 Å². The zero-order valence-electron chi connectivity index (χ0n) is 12.8. The molecule has 1 aliphatic rings. The quantitative estimate of drug-likeness (QED) is 0.633. The van der Waals surface area contributed by atoms with Crippen LogP contribution in [0.5, 0.6) is 0 Å². The van der Waals surface area contributed by atoms with Gasteiger partial charge in [-0.15, -0.1) is 0 Å². The predicted octanol–water partition coefficient (Wildman–Crippen LogP) is 2.11. The Morgan fingerprint density at radius 3 is 2.18 bits per heavy atom. The van der Waals surface area contributed by atoms with E-state index in [1.165, 1.54) is 6.07 Å². The highest BCUT2D eigenvalue weighted by Gasteiger charge is 2.24. The molecule has 122 valence electrons. The fourth-order valence-electron chi connectivity index (χ4n) is 2.57. The first-order chi connectivity index (χ1) is 10.3. The van der Waals surface area contributed by atoms with Gasteiger partial charge in [-0.05, 0) is 68.8 Å². The fraction of sp³-hybridized carbons (Fsp3) is 0.500. The van der Waals surface area contributed by atoms with Crippen LogP contribution in [0.25, 0.3) is 0 Å². The molecule has 0 bridgehead atoms. The molecule has 22 heavy (non-hydrogen) atoms. The normalized spacial score (nSPS) is 20.6. The number of carboxylic acid groups (broad SMARTS) is 2. The van der Waals surface area contributed by atoms with E-state index in [0.717, 1.165) is 25.7 Å². The Morgan fingerprint density at radius 1 is 1.18 bits per heavy atom. The van der Waals surface area contributed by atoms with Crippen molar-refractivity contribution in [3.8, 4) is 0 Å². The first kappa shape index (κ1) is 18.0. The number of carboxylic acids is 2. The number of hydrogen-bond donors (Lipinski definition) is 4. The van der Waals surface area contributed by atoms with E-state index >= 15 is 0 Å². The highest BCUT2D eigenvalue weighted by atomic mass is 16.4. The molecule has 6 N–H and O–H groups in total. The Morgan fingerprint density at radius 2 is 1.77 bits per heavy atom. The van der Waals surface area contributed by atoms with Crippen molar-refractivity contribution in [1.82, 2.24) is 0 Å². The fourth-order valence-corrected chi connectivity index (χ4v) is 2.57. The lowest BCUT2D eigenvalue weighted by Gasteiger charge is -2.24. The molecule has 6 heteroatoms. The van der Waals surface area contributed by atoms with E-state index < -0.39 is 11.9 Å². The van der Waals surface area contributed by atoms with Crippen molar-refractivity contribution in [3.63, 3.8) is 0 Å². The van der Waals surface area contributed by atoms with E-state index in [2.05, 4.69) is 0 Å². The Kier molecular flexibility index (Phi) is 6.85. The van der Waals surface area contributed by atoms with Crippen LogP contribution in [0, 0.1) is 18.8 Å². The smallest absolute Gasteiger partial charge is 0.335 e. The SMILES string of the molecule is Cc1cc(N)ccc1C(=O)O.NCC1CCC(C(=O)O)CC1. The molecule has 1 fully saturated rings. The Labute approximate surface area is 130 Å². The lowest BCUT2D eigenvalue weighted by atomic mass is 9.82. The summed E-state index contributed by atoms with van der Waals surface area (Å²) >= 11 is 0. The molecule has 0 aliphatic heterocycles. The molecule has 1 aromatic rings. The summed E-state index contributed by atoms with van der Waals surface area (Å²) in [6.45, 7) is 2.44. The minimum Gasteiger partial charge on any atom is -0.481 e. The van der Waals surface area contributed by atoms with Gasteiger partial charge in [0.05, 0.1) is 11.5 Å². The molecule has 0 heterocycles. The molecule has 0 unspecified atom stereocenters. The third-order valence-electron chi connectivity index (χ3n) is 4.01. The first-order valence-corrected chi connectivity index (χ1v) is 7.37. The van der Waals surface area contributed by atoms with Gasteiger partial charge in [0.1, 0.15) is 0 Å². The standard InChI is InChI=1S/C8H9NO2.C8H15NO2/c1-5-4-6(9)2-3-7(5)8(10)11;9-5-6-1-3-7(4-2-6)8(10)11/h2-4H,9H2,1H3,(H,10,11);6-7H,1-5,9H2,(H,10,11). The third kappa shape index (κ3) is 5.37. The molecule has 1 aromatic carbocycles. The van der Waals surface area contributed by atoms with Crippen LogP contribution in [-0.4, -0.2) is 28.7 Å². The van der Waals surface area contributed by atoms with Crippen LogP contribution in [0.2, 0.25) is 0 Å². The summed E-state index contributed by atoms with van der Waals surface area (Å²) in [4.78, 5) is 21.0. The van der Waals surface area contributed by atoms with Crippen LogP contribution >= 0.6 is 0 Å². The molecule has 0 spiro atoms. The molecule has 0 atom stereocenters. The molecule has 6 nitrogen and oxygen atoms in total. The van der Waals surface area contributed by atoms with Crippen LogP contribution in [0.15, 0.2) is 18.2 Å². The van der Waals surface area contributed by atoms with E-state index in [1.54, 1.807) is 19.1 Å². The van der Waals surface area contributed by atoms with Crippen LogP contribution in [0.1, 0.15) is 41.6 Å². The number of carbonyl (C=O) groups is 2. The average molecular weight is 308 g/mol. The van der Waals surface area contributed by atoms with Gasteiger partial charge >= 0.3 is 11.9 Å². The van der Waals surface area contributed by atoms with Gasteiger partial charge in [-0.2, -0.15) is 0 Å². The number of rotatable bonds is 3. The van der Waals surface area contributed by atoms with E-state index in [1.807, 2.05) is 0 Å². The van der Waals surface area contributed by atoms with Crippen molar-refractivity contribution >= 4 is 17.6 Å². The average Bonchev–Trinajstić information content (AvgIpc) is 2.47. The summed E-state index contributed by atoms with van der Waals surface area (Å²) in [6.07, 6.45) is 3.62. The molecule has 1 aliphatic carbocycles. The second-order valence-corrected chi connectivity index (χ2v) is 5.67. The monoisotopic (exact) mass is 308 g/mol. The van der Waals surface area contributed by atoms with Gasteiger partial charge in [0, 0.05) is 5.69 Å². The van der Waals surface area contributed by atoms with Gasteiger partial charge in [0.15, 0.2) is 0 Å². The number of aromatic carboxylic acids is 1. The van der Waals surface area contributed by atoms with Gasteiger partial charge in [-0.1, -0.05) is 0 Å². The summed E-state index contributed by atoms with van der Waals surface area (Å²) in [6, 6.07) is 4.73. The molecule has 1 saturated carbocycles. The summed E-state index contributed by atoms with van der Waals surface area (Å²) in [5, 5.41) is 17.3. The lowest BCUT2D eigenvalue weighted by molar-refractivity contribution is -0.143. The van der Waals surface area contributed by atoms with Crippen LogP contribution in [0.4, 0.5) is 5.69 Å². The second kappa shape index (κ2) is 8.38. The van der Waals surface area contributed by atoms with Crippen molar-refractivity contribution in [2.24, 2.45) is 17.6 Å². The summed E-state index contributed by atoms with van der Waals surface area (Å²) in [7, 11) is 0. The zero-order valence-corrected chi connectivity index (χ0v) is 12.8. The molecule has 0 amide bonds. The van der Waals surface area contributed by atoms with Crippen molar-refractivity contribution in [1.29, 1.82) is 0 Å². The first-order valence-electron chi connectivity index (χ1n) is 7.37. The van der Waals surface area contributed by atoms with Gasteiger partial charge in [-0.3, -0.25) is 4.79 Å².